The van der Waals surface area contributed by atoms with Crippen molar-refractivity contribution < 1.29 is 18.9 Å². The number of benzene rings is 2. The van der Waals surface area contributed by atoms with E-state index in [2.05, 4.69) is 5.32 Å². The van der Waals surface area contributed by atoms with Gasteiger partial charge in [-0.3, -0.25) is 24.6 Å². The minimum atomic E-state index is -0.793. The predicted molar refractivity (Wildman–Crippen MR) is 122 cm³/mol. The number of nitrogens with zero attached hydrogens (tertiary/aromatic N) is 2. The summed E-state index contributed by atoms with van der Waals surface area (Å²) in [5.74, 6) is 0.196. The molecule has 33 heavy (non-hydrogen) atoms. The molecule has 2 aliphatic rings. The molecule has 8 heteroatoms. The number of amides is 1. The number of nitrogens with one attached hydrogen (secondary N) is 1. The van der Waals surface area contributed by atoms with E-state index in [1.54, 1.807) is 35.4 Å². The van der Waals surface area contributed by atoms with E-state index in [4.69, 9.17) is 4.42 Å². The molecule has 1 N–H and O–H groups in total. The van der Waals surface area contributed by atoms with E-state index in [0.29, 0.717) is 34.6 Å². The number of furan rings is 1. The maximum absolute atomic E-state index is 13.6. The average molecular weight is 443 g/mol. The third-order valence-corrected chi connectivity index (χ3v) is 6.17. The highest BCUT2D eigenvalue weighted by Gasteiger charge is 2.41. The topological polar surface area (TPSA) is 106 Å². The number of anilines is 2. The van der Waals surface area contributed by atoms with Gasteiger partial charge >= 0.3 is 0 Å². The first-order valence-electron chi connectivity index (χ1n) is 10.6. The fourth-order valence-electron chi connectivity index (χ4n) is 4.79. The summed E-state index contributed by atoms with van der Waals surface area (Å²) in [5, 5.41) is 14.9. The number of Topliss-reactive ketones (excluding diaryl/α,β-unsaturated/α-hetero) is 1. The molecule has 0 unspecified atom stereocenters. The van der Waals surface area contributed by atoms with Gasteiger partial charge in [-0.15, -0.1) is 0 Å². The molecule has 2 atom stereocenters. The number of nitro benzene ring substituents is 1. The lowest BCUT2D eigenvalue weighted by atomic mass is 9.80. The highest BCUT2D eigenvalue weighted by Crippen LogP contribution is 2.47. The SMILES string of the molecule is CC(=O)N1c2ccccc2NC2=C(C(=O)C[C@@H](c3ccco3)C2)[C@@H]1c1cccc([N+](=O)[O-])c1. The van der Waals surface area contributed by atoms with Crippen molar-refractivity contribution >= 4 is 28.8 Å². The zero-order valence-electron chi connectivity index (χ0n) is 17.9. The summed E-state index contributed by atoms with van der Waals surface area (Å²) in [4.78, 5) is 39.1. The van der Waals surface area contributed by atoms with Crippen LogP contribution in [0, 0.1) is 10.1 Å². The Morgan fingerprint density at radius 2 is 1.94 bits per heavy atom. The largest absolute Gasteiger partial charge is 0.469 e. The van der Waals surface area contributed by atoms with E-state index >= 15 is 0 Å². The standard InChI is InChI=1S/C25H21N3O5/c1-15(29)27-21-9-3-2-8-19(21)26-20-13-17(23-10-5-11-33-23)14-22(30)24(20)25(27)16-6-4-7-18(12-16)28(31)32/h2-12,17,25-26H,13-14H2,1H3/t17-,25-/m0/s1. The average Bonchev–Trinajstić information content (AvgIpc) is 3.28. The number of nitro groups is 1. The van der Waals surface area contributed by atoms with Crippen molar-refractivity contribution in [3.8, 4) is 0 Å². The minimum absolute atomic E-state index is 0.0969. The molecule has 0 bridgehead atoms. The summed E-state index contributed by atoms with van der Waals surface area (Å²) in [5.41, 5.74) is 2.86. The van der Waals surface area contributed by atoms with Crippen molar-refractivity contribution in [2.75, 3.05) is 10.2 Å². The van der Waals surface area contributed by atoms with Crippen LogP contribution in [-0.2, 0) is 9.59 Å². The lowest BCUT2D eigenvalue weighted by Gasteiger charge is -2.34. The molecular weight excluding hydrogens is 422 g/mol. The van der Waals surface area contributed by atoms with Crippen LogP contribution in [0.2, 0.25) is 0 Å². The van der Waals surface area contributed by atoms with Gasteiger partial charge < -0.3 is 9.73 Å². The lowest BCUT2D eigenvalue weighted by Crippen LogP contribution is -2.37. The van der Waals surface area contributed by atoms with Gasteiger partial charge in [0.1, 0.15) is 5.76 Å². The Morgan fingerprint density at radius 1 is 1.12 bits per heavy atom. The molecule has 1 aromatic heterocycles. The van der Waals surface area contributed by atoms with Crippen LogP contribution in [0.5, 0.6) is 0 Å². The molecule has 0 saturated heterocycles. The van der Waals surface area contributed by atoms with Gasteiger partial charge in [0.05, 0.1) is 28.6 Å². The third kappa shape index (κ3) is 3.59. The lowest BCUT2D eigenvalue weighted by molar-refractivity contribution is -0.384. The van der Waals surface area contributed by atoms with Crippen LogP contribution < -0.4 is 10.2 Å². The van der Waals surface area contributed by atoms with E-state index in [1.807, 2.05) is 24.3 Å². The van der Waals surface area contributed by atoms with Crippen molar-refractivity contribution in [3.63, 3.8) is 0 Å². The van der Waals surface area contributed by atoms with Crippen molar-refractivity contribution in [1.29, 1.82) is 0 Å². The number of fused-ring (bicyclic) bond motifs is 1. The monoisotopic (exact) mass is 443 g/mol. The Balaban J connectivity index is 1.73. The molecule has 2 aromatic carbocycles. The second kappa shape index (κ2) is 8.05. The van der Waals surface area contributed by atoms with Crippen molar-refractivity contribution in [1.82, 2.24) is 0 Å². The van der Waals surface area contributed by atoms with Crippen LogP contribution >= 0.6 is 0 Å². The normalized spacial score (nSPS) is 19.9. The number of rotatable bonds is 3. The Morgan fingerprint density at radius 3 is 2.67 bits per heavy atom. The fraction of sp³-hybridized carbons (Fsp3) is 0.200. The summed E-state index contributed by atoms with van der Waals surface area (Å²) in [6, 6.07) is 16.3. The molecule has 3 aromatic rings. The zero-order chi connectivity index (χ0) is 23.1. The molecule has 8 nitrogen and oxygen atoms in total. The highest BCUT2D eigenvalue weighted by molar-refractivity contribution is 6.06. The summed E-state index contributed by atoms with van der Waals surface area (Å²) >= 11 is 0. The molecule has 0 radical (unpaired) electrons. The Bertz CT molecular complexity index is 1290. The maximum atomic E-state index is 13.6. The number of hydrogen-bond donors (Lipinski definition) is 1. The van der Waals surface area contributed by atoms with E-state index in [1.165, 1.54) is 19.1 Å². The first-order valence-corrected chi connectivity index (χ1v) is 10.6. The molecule has 2 heterocycles. The number of carbonyl (C=O) groups is 2. The Kier molecular flexibility index (Phi) is 5.05. The van der Waals surface area contributed by atoms with E-state index in [9.17, 15) is 19.7 Å². The van der Waals surface area contributed by atoms with Crippen LogP contribution in [0.25, 0.3) is 0 Å². The molecular formula is C25H21N3O5. The van der Waals surface area contributed by atoms with Crippen molar-refractivity contribution in [2.24, 2.45) is 0 Å². The minimum Gasteiger partial charge on any atom is -0.469 e. The van der Waals surface area contributed by atoms with Crippen LogP contribution in [0.1, 0.15) is 43.0 Å². The zero-order valence-corrected chi connectivity index (χ0v) is 17.9. The van der Waals surface area contributed by atoms with E-state index in [0.717, 1.165) is 5.76 Å². The van der Waals surface area contributed by atoms with Crippen LogP contribution in [0.3, 0.4) is 0 Å². The molecule has 1 amide bonds. The molecule has 0 fully saturated rings. The smallest absolute Gasteiger partial charge is 0.269 e. The van der Waals surface area contributed by atoms with Gasteiger partial charge in [0, 0.05) is 42.7 Å². The van der Waals surface area contributed by atoms with Crippen molar-refractivity contribution in [3.05, 3.63) is 99.6 Å². The molecule has 0 saturated carbocycles. The Labute approximate surface area is 189 Å². The third-order valence-electron chi connectivity index (χ3n) is 6.17. The number of non-ortho nitro benzene ring substituents is 1. The number of ketones is 1. The van der Waals surface area contributed by atoms with E-state index in [-0.39, 0.29) is 29.7 Å². The molecule has 5 rings (SSSR count). The van der Waals surface area contributed by atoms with Gasteiger partial charge in [0.2, 0.25) is 5.91 Å². The van der Waals surface area contributed by atoms with Gasteiger partial charge in [0.25, 0.3) is 5.69 Å². The predicted octanol–water partition coefficient (Wildman–Crippen LogP) is 5.11. The number of carbonyl (C=O) groups excluding carboxylic acids is 2. The first-order chi connectivity index (χ1) is 15.9. The van der Waals surface area contributed by atoms with Gasteiger partial charge in [0.15, 0.2) is 5.78 Å². The van der Waals surface area contributed by atoms with Crippen LogP contribution in [-0.4, -0.2) is 16.6 Å². The first kappa shape index (κ1) is 20.7. The summed E-state index contributed by atoms with van der Waals surface area (Å²) in [6.07, 6.45) is 2.32. The highest BCUT2D eigenvalue weighted by atomic mass is 16.6. The second-order valence-electron chi connectivity index (χ2n) is 8.22. The van der Waals surface area contributed by atoms with Gasteiger partial charge in [-0.1, -0.05) is 24.3 Å². The number of allylic oxidation sites excluding steroid dienone is 1. The summed E-state index contributed by atoms with van der Waals surface area (Å²) < 4.78 is 5.57. The van der Waals surface area contributed by atoms with E-state index < -0.39 is 11.0 Å². The van der Waals surface area contributed by atoms with Crippen LogP contribution in [0.4, 0.5) is 17.1 Å². The molecule has 1 aliphatic carbocycles. The summed E-state index contributed by atoms with van der Waals surface area (Å²) in [6.45, 7) is 1.44. The summed E-state index contributed by atoms with van der Waals surface area (Å²) in [7, 11) is 0. The van der Waals surface area contributed by atoms with Crippen LogP contribution in [0.15, 0.2) is 82.6 Å². The van der Waals surface area contributed by atoms with Gasteiger partial charge in [-0.2, -0.15) is 0 Å². The Hall–Kier alpha value is -4.20. The molecule has 1 aliphatic heterocycles. The fourth-order valence-corrected chi connectivity index (χ4v) is 4.79. The van der Waals surface area contributed by atoms with Crippen molar-refractivity contribution in [2.45, 2.75) is 31.7 Å². The van der Waals surface area contributed by atoms with Gasteiger partial charge in [-0.05, 0) is 36.2 Å². The maximum Gasteiger partial charge on any atom is 0.269 e. The quantitative estimate of drug-likeness (QED) is 0.445. The van der Waals surface area contributed by atoms with Gasteiger partial charge in [-0.25, -0.2) is 0 Å². The number of para-hydroxylation sites is 2. The number of hydrogen-bond acceptors (Lipinski definition) is 6. The molecule has 0 spiro atoms. The second-order valence-corrected chi connectivity index (χ2v) is 8.22. The molecule has 166 valence electrons.